The Kier molecular flexibility index (Phi) is 6.09. The van der Waals surface area contributed by atoms with Gasteiger partial charge in [0.1, 0.15) is 5.75 Å². The zero-order chi connectivity index (χ0) is 14.7. The Balaban J connectivity index is 2.14. The molecule has 2 nitrogen and oxygen atoms in total. The molecule has 0 unspecified atom stereocenters. The van der Waals surface area contributed by atoms with Crippen LogP contribution in [0.25, 0.3) is 0 Å². The molecule has 0 saturated heterocycles. The number of aryl methyl sites for hydroxylation is 1. The molecule has 0 aliphatic heterocycles. The number of ether oxygens (including phenoxy) is 1. The van der Waals surface area contributed by atoms with Crippen molar-refractivity contribution in [2.24, 2.45) is 0 Å². The Morgan fingerprint density at radius 2 is 1.70 bits per heavy atom. The maximum Gasteiger partial charge on any atom is 0.200 e. The molecular weight excluding hydrogens is 593 g/mol. The molecule has 0 radical (unpaired) electrons. The number of ketones is 1. The van der Waals surface area contributed by atoms with Gasteiger partial charge in [-0.25, -0.2) is 0 Å². The zero-order valence-electron chi connectivity index (χ0n) is 10.6. The first-order valence-electron chi connectivity index (χ1n) is 5.85. The van der Waals surface area contributed by atoms with Gasteiger partial charge < -0.3 is 4.74 Å². The van der Waals surface area contributed by atoms with Crippen LogP contribution in [0.2, 0.25) is 0 Å². The minimum absolute atomic E-state index is 0.00764. The monoisotopic (exact) mass is 604 g/mol. The predicted octanol–water partition coefficient (Wildman–Crippen LogP) is 5.07. The van der Waals surface area contributed by atoms with Crippen molar-refractivity contribution in [3.8, 4) is 5.75 Å². The summed E-state index contributed by atoms with van der Waals surface area (Å²) >= 11 is 6.74. The lowest BCUT2D eigenvalue weighted by Gasteiger charge is -2.11. The molecule has 5 heteroatoms. The van der Waals surface area contributed by atoms with Crippen LogP contribution in [0, 0.1) is 17.6 Å². The highest BCUT2D eigenvalue weighted by atomic mass is 127. The Morgan fingerprint density at radius 1 is 1.10 bits per heavy atom. The first-order chi connectivity index (χ1) is 9.49. The molecule has 104 valence electrons. The lowest BCUT2D eigenvalue weighted by molar-refractivity contribution is 0.0919. The standard InChI is InChI=1S/C15H11I3O2/c1-9-4-2-3-5-11(9)14(19)8-20-15-12(17)6-10(16)7-13(15)18/h2-7H,8H2,1H3. The fraction of sp³-hybridized carbons (Fsp3) is 0.133. The molecule has 0 aliphatic carbocycles. The van der Waals surface area contributed by atoms with Crippen LogP contribution in [-0.2, 0) is 0 Å². The summed E-state index contributed by atoms with van der Waals surface area (Å²) in [5.41, 5.74) is 1.70. The van der Waals surface area contributed by atoms with E-state index < -0.39 is 0 Å². The molecule has 20 heavy (non-hydrogen) atoms. The highest BCUT2D eigenvalue weighted by Crippen LogP contribution is 2.29. The second kappa shape index (κ2) is 7.39. The largest absolute Gasteiger partial charge is 0.483 e. The summed E-state index contributed by atoms with van der Waals surface area (Å²) in [6, 6.07) is 11.7. The summed E-state index contributed by atoms with van der Waals surface area (Å²) in [6.45, 7) is 2.00. The third kappa shape index (κ3) is 4.06. The third-order valence-electron chi connectivity index (χ3n) is 2.76. The Labute approximate surface area is 159 Å². The summed E-state index contributed by atoms with van der Waals surface area (Å²) in [5.74, 6) is 0.793. The van der Waals surface area contributed by atoms with E-state index in [9.17, 15) is 4.79 Å². The van der Waals surface area contributed by atoms with E-state index in [-0.39, 0.29) is 12.4 Å². The number of rotatable bonds is 4. The number of carbonyl (C=O) groups excluding carboxylic acids is 1. The van der Waals surface area contributed by atoms with Crippen LogP contribution in [0.4, 0.5) is 0 Å². The molecule has 0 amide bonds. The smallest absolute Gasteiger partial charge is 0.200 e. The van der Waals surface area contributed by atoms with Crippen molar-refractivity contribution in [2.45, 2.75) is 6.92 Å². The number of hydrogen-bond acceptors (Lipinski definition) is 2. The summed E-state index contributed by atoms with van der Waals surface area (Å²) in [7, 11) is 0. The van der Waals surface area contributed by atoms with E-state index >= 15 is 0 Å². The first kappa shape index (κ1) is 16.5. The van der Waals surface area contributed by atoms with E-state index in [0.29, 0.717) is 0 Å². The van der Waals surface area contributed by atoms with Crippen LogP contribution in [0.5, 0.6) is 5.75 Å². The van der Waals surface area contributed by atoms with Gasteiger partial charge >= 0.3 is 0 Å². The zero-order valence-corrected chi connectivity index (χ0v) is 17.1. The second-order valence-corrected chi connectivity index (χ2v) is 7.80. The van der Waals surface area contributed by atoms with Gasteiger partial charge in [0.2, 0.25) is 0 Å². The maximum absolute atomic E-state index is 12.2. The van der Waals surface area contributed by atoms with E-state index in [1.807, 2.05) is 43.3 Å². The quantitative estimate of drug-likeness (QED) is 0.361. The normalized spacial score (nSPS) is 10.4. The molecule has 0 aliphatic rings. The molecule has 0 N–H and O–H groups in total. The maximum atomic E-state index is 12.2. The number of Topliss-reactive ketones (excluding diaryl/α,β-unsaturated/α-hetero) is 1. The van der Waals surface area contributed by atoms with Crippen molar-refractivity contribution in [3.05, 3.63) is 58.2 Å². The van der Waals surface area contributed by atoms with E-state index in [2.05, 4.69) is 67.8 Å². The van der Waals surface area contributed by atoms with Crippen molar-refractivity contribution in [1.29, 1.82) is 0 Å². The van der Waals surface area contributed by atoms with Crippen molar-refractivity contribution >= 4 is 73.6 Å². The van der Waals surface area contributed by atoms with Crippen molar-refractivity contribution in [1.82, 2.24) is 0 Å². The van der Waals surface area contributed by atoms with Gasteiger partial charge in [-0.3, -0.25) is 4.79 Å². The predicted molar refractivity (Wildman–Crippen MR) is 106 cm³/mol. The average Bonchev–Trinajstić information content (AvgIpc) is 2.37. The lowest BCUT2D eigenvalue weighted by atomic mass is 10.1. The molecule has 2 rings (SSSR count). The molecule has 2 aromatic rings. The van der Waals surface area contributed by atoms with Gasteiger partial charge in [0.25, 0.3) is 0 Å². The van der Waals surface area contributed by atoms with E-state index in [1.54, 1.807) is 0 Å². The number of halogens is 3. The minimum Gasteiger partial charge on any atom is -0.483 e. The molecule has 0 spiro atoms. The van der Waals surface area contributed by atoms with Gasteiger partial charge in [-0.15, -0.1) is 0 Å². The molecule has 0 atom stereocenters. The van der Waals surface area contributed by atoms with Crippen molar-refractivity contribution in [3.63, 3.8) is 0 Å². The second-order valence-electron chi connectivity index (χ2n) is 4.23. The van der Waals surface area contributed by atoms with Gasteiger partial charge in [0, 0.05) is 9.13 Å². The van der Waals surface area contributed by atoms with E-state index in [4.69, 9.17) is 4.74 Å². The number of benzene rings is 2. The fourth-order valence-corrected chi connectivity index (χ4v) is 5.66. The fourth-order valence-electron chi connectivity index (χ4n) is 1.77. The molecule has 0 aromatic heterocycles. The summed E-state index contributed by atoms with van der Waals surface area (Å²) in [6.07, 6.45) is 0. The van der Waals surface area contributed by atoms with Gasteiger partial charge in [-0.1, -0.05) is 24.3 Å². The summed E-state index contributed by atoms with van der Waals surface area (Å²) in [4.78, 5) is 12.2. The number of hydrogen-bond donors (Lipinski definition) is 0. The topological polar surface area (TPSA) is 26.3 Å². The van der Waals surface area contributed by atoms with Gasteiger partial charge in [-0.2, -0.15) is 0 Å². The number of carbonyl (C=O) groups is 1. The van der Waals surface area contributed by atoms with Crippen molar-refractivity contribution in [2.75, 3.05) is 6.61 Å². The summed E-state index contributed by atoms with van der Waals surface area (Å²) in [5, 5.41) is 0. The van der Waals surface area contributed by atoms with Crippen LogP contribution >= 0.6 is 67.8 Å². The SMILES string of the molecule is Cc1ccccc1C(=O)COc1c(I)cc(I)cc1I. The van der Waals surface area contributed by atoms with Crippen LogP contribution in [0.15, 0.2) is 36.4 Å². The van der Waals surface area contributed by atoms with Gasteiger partial charge in [-0.05, 0) is 92.4 Å². The minimum atomic E-state index is 0.00764. The highest BCUT2D eigenvalue weighted by Gasteiger charge is 2.13. The van der Waals surface area contributed by atoms with E-state index in [1.165, 1.54) is 0 Å². The van der Waals surface area contributed by atoms with Crippen LogP contribution in [-0.4, -0.2) is 12.4 Å². The molecular formula is C15H11I3O2. The first-order valence-corrected chi connectivity index (χ1v) is 9.09. The molecule has 0 saturated carbocycles. The van der Waals surface area contributed by atoms with Crippen LogP contribution in [0.1, 0.15) is 15.9 Å². The molecule has 2 aromatic carbocycles. The van der Waals surface area contributed by atoms with Gasteiger partial charge in [0.15, 0.2) is 12.4 Å². The van der Waals surface area contributed by atoms with Crippen LogP contribution < -0.4 is 4.74 Å². The molecule has 0 heterocycles. The van der Waals surface area contributed by atoms with Crippen molar-refractivity contribution < 1.29 is 9.53 Å². The Morgan fingerprint density at radius 3 is 2.30 bits per heavy atom. The van der Waals surface area contributed by atoms with Crippen LogP contribution in [0.3, 0.4) is 0 Å². The lowest BCUT2D eigenvalue weighted by Crippen LogP contribution is -2.14. The Bertz CT molecular complexity index is 630. The molecule has 0 fully saturated rings. The highest BCUT2D eigenvalue weighted by molar-refractivity contribution is 14.1. The third-order valence-corrected chi connectivity index (χ3v) is 4.98. The average molecular weight is 604 g/mol. The molecule has 0 bridgehead atoms. The Hall–Kier alpha value is 0.100. The van der Waals surface area contributed by atoms with Gasteiger partial charge in [0.05, 0.1) is 7.14 Å². The summed E-state index contributed by atoms with van der Waals surface area (Å²) < 4.78 is 8.94. The van der Waals surface area contributed by atoms with E-state index in [0.717, 1.165) is 27.6 Å².